The number of anilines is 4. The highest BCUT2D eigenvalue weighted by Gasteiger charge is 2.68. The van der Waals surface area contributed by atoms with Gasteiger partial charge >= 0.3 is 65.0 Å². The van der Waals surface area contributed by atoms with Crippen LogP contribution in [0.4, 0.5) is 111 Å². The Morgan fingerprint density at radius 1 is 0.290 bits per heavy atom. The highest BCUT2D eigenvalue weighted by molar-refractivity contribution is 8.46. The van der Waals surface area contributed by atoms with Crippen molar-refractivity contribution in [2.45, 2.75) is 19.6 Å². The average molecular weight is 1640 g/mol. The van der Waals surface area contributed by atoms with Crippen LogP contribution in [0.3, 0.4) is 0 Å². The van der Waals surface area contributed by atoms with Gasteiger partial charge in [0.05, 0.1) is 16.1 Å². The Labute approximate surface area is 587 Å². The molecule has 0 aliphatic carbocycles. The largest absolute Gasteiger partial charge is 0.403 e. The van der Waals surface area contributed by atoms with Gasteiger partial charge in [-0.3, -0.25) is 40.4 Å². The SMILES string of the molecule is O=C(Nc1nnc(-c2cccc(F)c2)o1)c1cccc(S(F)(F)(F)(F)F)c1.O=C(Nc1nnc(-c2ccccc2)o1)c1cccc(S(F)(F)(F)(F)F)c1.O=C(Nc1nnc(-c2ccccc2Cl)o1)c1cccc(S(F)(F)(F)(F)F)c1.O=C(Nc1nnc(-c2ccccc2F)o1)c1cccc(S(F)(F)(F)(F)F)c1. The minimum Gasteiger partial charge on any atom is -0.403 e. The molecule has 570 valence electrons. The predicted molar refractivity (Wildman–Crippen MR) is 347 cm³/mol. The van der Waals surface area contributed by atoms with Crippen LogP contribution in [-0.4, -0.2) is 64.4 Å². The van der Waals surface area contributed by atoms with E-state index in [1.54, 1.807) is 54.6 Å². The summed E-state index contributed by atoms with van der Waals surface area (Å²) in [5.74, 6) is -6.28. The molecule has 12 aromatic rings. The summed E-state index contributed by atoms with van der Waals surface area (Å²) in [7, 11) is -39.7. The van der Waals surface area contributed by atoms with E-state index < -0.39 is 136 Å². The zero-order valence-electron chi connectivity index (χ0n) is 51.7. The fourth-order valence-corrected chi connectivity index (χ4v) is 11.2. The topological polar surface area (TPSA) is 272 Å². The number of nitrogens with zero attached hydrogens (tertiary/aromatic N) is 8. The molecule has 0 unspecified atom stereocenters. The second kappa shape index (κ2) is 25.8. The van der Waals surface area contributed by atoms with Crippen LogP contribution < -0.4 is 21.3 Å². The maximum Gasteiger partial charge on any atom is 0.322 e. The number of hydrogen-bond acceptors (Lipinski definition) is 16. The van der Waals surface area contributed by atoms with Crippen molar-refractivity contribution >= 4 is 100 Å². The van der Waals surface area contributed by atoms with Crippen LogP contribution in [0.15, 0.2) is 237 Å². The highest BCUT2D eigenvalue weighted by Crippen LogP contribution is 3.04. The van der Waals surface area contributed by atoms with Gasteiger partial charge in [0.15, 0.2) is 0 Å². The Hall–Kier alpha value is -11.7. The zero-order valence-corrected chi connectivity index (χ0v) is 55.7. The fourth-order valence-electron chi connectivity index (χ4n) is 8.20. The van der Waals surface area contributed by atoms with E-state index in [4.69, 9.17) is 29.3 Å². The summed E-state index contributed by atoms with van der Waals surface area (Å²) in [5.41, 5.74) is -1.61. The van der Waals surface area contributed by atoms with Crippen LogP contribution in [-0.2, 0) is 0 Å². The van der Waals surface area contributed by atoms with Crippen LogP contribution in [0.2, 0.25) is 5.02 Å². The van der Waals surface area contributed by atoms with Gasteiger partial charge < -0.3 is 17.7 Å². The van der Waals surface area contributed by atoms with Crippen molar-refractivity contribution in [3.05, 3.63) is 239 Å². The molecule has 0 saturated carbocycles. The van der Waals surface area contributed by atoms with Crippen LogP contribution in [0, 0.1) is 11.6 Å². The molecule has 47 heteroatoms. The van der Waals surface area contributed by atoms with E-state index in [0.29, 0.717) is 40.4 Å². The van der Waals surface area contributed by atoms with E-state index in [1.165, 1.54) is 36.4 Å². The first-order chi connectivity index (χ1) is 48.9. The molecule has 4 N–H and O–H groups in total. The minimum atomic E-state index is -9.93. The van der Waals surface area contributed by atoms with Gasteiger partial charge in [-0.25, -0.2) is 8.78 Å². The van der Waals surface area contributed by atoms with E-state index in [0.717, 1.165) is 36.4 Å². The van der Waals surface area contributed by atoms with Gasteiger partial charge in [0.2, 0.25) is 11.8 Å². The number of aromatic nitrogens is 8. The molecule has 12 rings (SSSR count). The summed E-state index contributed by atoms with van der Waals surface area (Å²) in [5, 5.41) is 36.7. The molecule has 0 fully saturated rings. The second-order valence-electron chi connectivity index (χ2n) is 21.3. The number of halogens is 23. The van der Waals surface area contributed by atoms with Crippen LogP contribution in [0.5, 0.6) is 0 Å². The second-order valence-corrected chi connectivity index (χ2v) is 31.3. The number of carbonyl (C=O) groups is 4. The Bertz CT molecular complexity index is 5260. The Morgan fingerprint density at radius 2 is 0.570 bits per heavy atom. The standard InChI is InChI=1S/C15H9ClF5N3O2S.2C15H9F6N3O2S.C15H10F5N3O2S/c16-12-7-2-1-6-11(12)14-23-24-15(26-14)22-13(25)9-4-3-5-10(8-9)27(17,18,19,20)21;16-11-5-1-4-10(7-11)14-23-24-15(26-14)22-13(25)9-3-2-6-12(8-9)27(17,18,19,20)21;16-12-7-2-1-6-11(12)14-23-24-15(26-14)22-13(25)9-4-3-5-10(8-9)27(17,18,19,20)21;16-26(17,18,19,20)12-8-4-7-11(9-12)13(24)21-15-23-22-14(25-15)10-5-2-1-3-6-10/h3*1-8H,(H,22,24,25);1-9H,(H,21,23,24). The molecule has 0 aliphatic heterocycles. The first-order valence-corrected chi connectivity index (χ1v) is 36.4. The maximum atomic E-state index is 13.7. The van der Waals surface area contributed by atoms with Gasteiger partial charge in [-0.05, 0) is 127 Å². The molecule has 107 heavy (non-hydrogen) atoms. The molecule has 4 aromatic heterocycles. The van der Waals surface area contributed by atoms with Gasteiger partial charge in [-0.15, -0.1) is 20.4 Å². The lowest BCUT2D eigenvalue weighted by Crippen LogP contribution is -2.14. The summed E-state index contributed by atoms with van der Waals surface area (Å²) >= 11 is 5.97. The lowest BCUT2D eigenvalue weighted by atomic mass is 10.2. The van der Waals surface area contributed by atoms with Crippen molar-refractivity contribution in [3.8, 4) is 45.8 Å². The van der Waals surface area contributed by atoms with Crippen molar-refractivity contribution < 1.29 is 123 Å². The van der Waals surface area contributed by atoms with Gasteiger partial charge in [0.25, 0.3) is 35.4 Å². The first-order valence-electron chi connectivity index (χ1n) is 28.2. The third-order valence-electron chi connectivity index (χ3n) is 13.0. The number of carbonyl (C=O) groups excluding carboxylic acids is 4. The quantitative estimate of drug-likeness (QED) is 0.0655. The number of amides is 4. The molecule has 0 radical (unpaired) electrons. The molecule has 0 atom stereocenters. The monoisotopic (exact) mass is 1630 g/mol. The lowest BCUT2D eigenvalue weighted by Gasteiger charge is -2.40. The van der Waals surface area contributed by atoms with Gasteiger partial charge in [-0.2, -0.15) is 0 Å². The average Bonchev–Trinajstić information content (AvgIpc) is 1.44. The number of nitrogens with one attached hydrogen (secondary N) is 4. The molecule has 4 heterocycles. The molecular weight excluding hydrogens is 1600 g/mol. The summed E-state index contributed by atoms with van der Waals surface area (Å²) in [4.78, 5) is 39.3. The van der Waals surface area contributed by atoms with Crippen molar-refractivity contribution in [2.24, 2.45) is 0 Å². The number of hydrogen-bond donors (Lipinski definition) is 4. The van der Waals surface area contributed by atoms with Gasteiger partial charge in [-0.1, -0.05) is 183 Å². The van der Waals surface area contributed by atoms with E-state index in [2.05, 4.69) is 51.4 Å². The lowest BCUT2D eigenvalue weighted by molar-refractivity contribution is 0.101. The van der Waals surface area contributed by atoms with Crippen LogP contribution in [0.1, 0.15) is 41.4 Å². The Morgan fingerprint density at radius 3 is 0.907 bits per heavy atom. The summed E-state index contributed by atoms with van der Waals surface area (Å²) < 4.78 is 304. The molecule has 0 aliphatic rings. The Kier molecular flexibility index (Phi) is 19.2. The van der Waals surface area contributed by atoms with E-state index in [9.17, 15) is 106 Å². The summed E-state index contributed by atoms with van der Waals surface area (Å²) in [6.45, 7) is 0. The molecule has 4 amide bonds. The summed E-state index contributed by atoms with van der Waals surface area (Å²) in [6.07, 6.45) is 0. The Balaban J connectivity index is 0.000000165. The highest BCUT2D eigenvalue weighted by atomic mass is 35.5. The first kappa shape index (κ1) is 79.5. The van der Waals surface area contributed by atoms with E-state index in [-0.39, 0.29) is 89.2 Å². The van der Waals surface area contributed by atoms with Crippen molar-refractivity contribution in [1.29, 1.82) is 0 Å². The predicted octanol–water partition coefficient (Wildman–Crippen LogP) is 23.5. The van der Waals surface area contributed by atoms with Crippen molar-refractivity contribution in [1.82, 2.24) is 40.8 Å². The zero-order chi connectivity index (χ0) is 78.9. The fraction of sp³-hybridized carbons (Fsp3) is 0. The van der Waals surface area contributed by atoms with Gasteiger partial charge in [0.1, 0.15) is 31.2 Å². The summed E-state index contributed by atoms with van der Waals surface area (Å²) in [6, 6.07) is 30.9. The van der Waals surface area contributed by atoms with Crippen LogP contribution in [0.25, 0.3) is 45.8 Å². The number of benzene rings is 8. The molecule has 0 bridgehead atoms. The maximum absolute atomic E-state index is 13.7. The van der Waals surface area contributed by atoms with Gasteiger partial charge in [0, 0.05) is 33.4 Å². The molecular formula is C60H37ClF22N12O8S4. The van der Waals surface area contributed by atoms with E-state index >= 15 is 0 Å². The molecule has 8 aromatic carbocycles. The molecule has 0 saturated heterocycles. The normalized spacial score (nSPS) is 14.3. The molecule has 0 spiro atoms. The minimum absolute atomic E-state index is 0.0189. The van der Waals surface area contributed by atoms with E-state index in [1.807, 2.05) is 10.6 Å². The van der Waals surface area contributed by atoms with Crippen LogP contribution >= 0.6 is 52.5 Å². The van der Waals surface area contributed by atoms with Crippen molar-refractivity contribution in [3.63, 3.8) is 0 Å². The van der Waals surface area contributed by atoms with Crippen molar-refractivity contribution in [2.75, 3.05) is 21.3 Å². The third-order valence-corrected chi connectivity index (χ3v) is 18.0. The number of rotatable bonds is 16. The smallest absolute Gasteiger partial charge is 0.322 e. The molecule has 20 nitrogen and oxygen atoms in total. The third kappa shape index (κ3) is 21.7.